The van der Waals surface area contributed by atoms with Crippen LogP contribution in [0.1, 0.15) is 12.8 Å². The van der Waals surface area contributed by atoms with E-state index in [2.05, 4.69) is 5.32 Å². The zero-order valence-corrected chi connectivity index (χ0v) is 7.12. The number of nitrogens with one attached hydrogen (secondary N) is 1. The van der Waals surface area contributed by atoms with Crippen LogP contribution in [0, 0.1) is 0 Å². The molecule has 0 radical (unpaired) electrons. The molecule has 1 aliphatic heterocycles. The Balaban J connectivity index is 2.25. The average Bonchev–Trinajstić information content (AvgIpc) is 2.09. The summed E-state index contributed by atoms with van der Waals surface area (Å²) in [6, 6.07) is -0.00507. The fourth-order valence-electron chi connectivity index (χ4n) is 1.10. The molecule has 1 aliphatic rings. The van der Waals surface area contributed by atoms with Crippen molar-refractivity contribution in [3.63, 3.8) is 0 Å². The zero-order chi connectivity index (χ0) is 8.81. The van der Waals surface area contributed by atoms with E-state index in [-0.39, 0.29) is 6.03 Å². The Morgan fingerprint density at radius 1 is 1.58 bits per heavy atom. The van der Waals surface area contributed by atoms with E-state index in [0.717, 1.165) is 19.4 Å². The Labute approximate surface area is 72.4 Å². The van der Waals surface area contributed by atoms with Crippen LogP contribution in [0.15, 0.2) is 12.3 Å². The van der Waals surface area contributed by atoms with E-state index < -0.39 is 0 Å². The van der Waals surface area contributed by atoms with Crippen LogP contribution >= 0.6 is 0 Å². The fraction of sp³-hybridized carbons (Fsp3) is 0.625. The average molecular weight is 169 g/mol. The lowest BCUT2D eigenvalue weighted by molar-refractivity contribution is 0.213. The first-order valence-electron chi connectivity index (χ1n) is 4.26. The first-order chi connectivity index (χ1) is 5.84. The largest absolute Gasteiger partial charge is 0.334 e. The third-order valence-corrected chi connectivity index (χ3v) is 1.77. The van der Waals surface area contributed by atoms with E-state index in [1.54, 1.807) is 4.90 Å². The van der Waals surface area contributed by atoms with Gasteiger partial charge in [0.2, 0.25) is 0 Å². The molecule has 1 rings (SSSR count). The predicted molar refractivity (Wildman–Crippen MR) is 47.5 cm³/mol. The summed E-state index contributed by atoms with van der Waals surface area (Å²) >= 11 is 0. The Hall–Kier alpha value is -1.03. The van der Waals surface area contributed by atoms with E-state index in [0.29, 0.717) is 13.1 Å². The highest BCUT2D eigenvalue weighted by Crippen LogP contribution is 1.99. The molecule has 0 spiro atoms. The molecule has 68 valence electrons. The Morgan fingerprint density at radius 3 is 3.08 bits per heavy atom. The standard InChI is InChI=1S/C8H15N3O/c9-4-1-2-6-11-7-3-5-10-8(11)12/h3,7H,1-2,4-6,9H2,(H,10,12). The van der Waals surface area contributed by atoms with Gasteiger partial charge in [0.25, 0.3) is 0 Å². The number of unbranched alkanes of at least 4 members (excludes halogenated alkanes) is 1. The second-order valence-electron chi connectivity index (χ2n) is 2.76. The summed E-state index contributed by atoms with van der Waals surface area (Å²) in [5, 5.41) is 2.73. The lowest BCUT2D eigenvalue weighted by atomic mass is 10.3. The maximum Gasteiger partial charge on any atom is 0.321 e. The van der Waals surface area contributed by atoms with E-state index in [4.69, 9.17) is 5.73 Å². The van der Waals surface area contributed by atoms with Gasteiger partial charge in [-0.1, -0.05) is 0 Å². The van der Waals surface area contributed by atoms with E-state index in [1.165, 1.54) is 0 Å². The van der Waals surface area contributed by atoms with Gasteiger partial charge in [0.1, 0.15) is 0 Å². The van der Waals surface area contributed by atoms with Crippen LogP contribution in [0.5, 0.6) is 0 Å². The maximum absolute atomic E-state index is 11.1. The van der Waals surface area contributed by atoms with E-state index in [1.807, 2.05) is 12.3 Å². The SMILES string of the molecule is NCCCCN1C=CCNC1=O. The first-order valence-corrected chi connectivity index (χ1v) is 4.26. The summed E-state index contributed by atoms with van der Waals surface area (Å²) in [7, 11) is 0. The molecule has 3 N–H and O–H groups in total. The molecule has 0 aromatic heterocycles. The first kappa shape index (κ1) is 9.06. The fourth-order valence-corrected chi connectivity index (χ4v) is 1.10. The van der Waals surface area contributed by atoms with Gasteiger partial charge in [-0.25, -0.2) is 4.79 Å². The molecule has 2 amide bonds. The summed E-state index contributed by atoms with van der Waals surface area (Å²) in [6.07, 6.45) is 5.70. The zero-order valence-electron chi connectivity index (χ0n) is 7.12. The van der Waals surface area contributed by atoms with Crippen LogP contribution in [0.4, 0.5) is 4.79 Å². The summed E-state index contributed by atoms with van der Waals surface area (Å²) in [5.41, 5.74) is 5.34. The molecule has 4 heteroatoms. The Kier molecular flexibility index (Phi) is 3.60. The number of nitrogens with two attached hydrogens (primary N) is 1. The molecule has 0 aromatic rings. The molecule has 0 aliphatic carbocycles. The number of hydrogen-bond donors (Lipinski definition) is 2. The van der Waals surface area contributed by atoms with Gasteiger partial charge in [-0.2, -0.15) is 0 Å². The van der Waals surface area contributed by atoms with Gasteiger partial charge < -0.3 is 16.0 Å². The molecule has 0 fully saturated rings. The van der Waals surface area contributed by atoms with Gasteiger partial charge in [-0.15, -0.1) is 0 Å². The third kappa shape index (κ3) is 2.54. The number of urea groups is 1. The third-order valence-electron chi connectivity index (χ3n) is 1.77. The number of carbonyl (C=O) groups is 1. The van der Waals surface area contributed by atoms with Crippen molar-refractivity contribution in [2.45, 2.75) is 12.8 Å². The van der Waals surface area contributed by atoms with Crippen molar-refractivity contribution in [2.24, 2.45) is 5.73 Å². The number of hydrogen-bond acceptors (Lipinski definition) is 2. The lowest BCUT2D eigenvalue weighted by Crippen LogP contribution is -2.40. The van der Waals surface area contributed by atoms with Crippen LogP contribution in [0.3, 0.4) is 0 Å². The smallest absolute Gasteiger partial charge is 0.321 e. The predicted octanol–water partition coefficient (Wildman–Crippen LogP) is 0.264. The van der Waals surface area contributed by atoms with Crippen molar-refractivity contribution in [3.05, 3.63) is 12.3 Å². The van der Waals surface area contributed by atoms with Crippen LogP contribution < -0.4 is 11.1 Å². The number of amides is 2. The van der Waals surface area contributed by atoms with Crippen LogP contribution in [0.25, 0.3) is 0 Å². The highest BCUT2D eigenvalue weighted by Gasteiger charge is 2.11. The van der Waals surface area contributed by atoms with Gasteiger partial charge in [0.15, 0.2) is 0 Å². The Bertz CT molecular complexity index is 179. The lowest BCUT2D eigenvalue weighted by Gasteiger charge is -2.21. The van der Waals surface area contributed by atoms with Gasteiger partial charge in [-0.3, -0.25) is 0 Å². The minimum absolute atomic E-state index is 0.00507. The molecule has 0 saturated carbocycles. The summed E-state index contributed by atoms with van der Waals surface area (Å²) in [5.74, 6) is 0. The van der Waals surface area contributed by atoms with Gasteiger partial charge in [-0.05, 0) is 25.5 Å². The number of rotatable bonds is 4. The quantitative estimate of drug-likeness (QED) is 0.593. The monoisotopic (exact) mass is 169 g/mol. The maximum atomic E-state index is 11.1. The van der Waals surface area contributed by atoms with Crippen LogP contribution in [-0.2, 0) is 0 Å². The number of nitrogens with zero attached hydrogens (tertiary/aromatic N) is 1. The molecule has 0 aromatic carbocycles. The molecule has 0 unspecified atom stereocenters. The van der Waals surface area contributed by atoms with Crippen molar-refractivity contribution >= 4 is 6.03 Å². The summed E-state index contributed by atoms with van der Waals surface area (Å²) in [4.78, 5) is 12.8. The van der Waals surface area contributed by atoms with Crippen molar-refractivity contribution in [2.75, 3.05) is 19.6 Å². The molecule has 0 atom stereocenters. The second-order valence-corrected chi connectivity index (χ2v) is 2.76. The van der Waals surface area contributed by atoms with Gasteiger partial charge >= 0.3 is 6.03 Å². The number of carbonyl (C=O) groups excluding carboxylic acids is 1. The molecule has 0 bridgehead atoms. The van der Waals surface area contributed by atoms with E-state index in [9.17, 15) is 4.79 Å². The Morgan fingerprint density at radius 2 is 2.42 bits per heavy atom. The van der Waals surface area contributed by atoms with Crippen LogP contribution in [0.2, 0.25) is 0 Å². The molecule has 12 heavy (non-hydrogen) atoms. The molecular formula is C8H15N3O. The minimum atomic E-state index is -0.00507. The topological polar surface area (TPSA) is 58.4 Å². The molecule has 0 saturated heterocycles. The summed E-state index contributed by atoms with van der Waals surface area (Å²) < 4.78 is 0. The van der Waals surface area contributed by atoms with Gasteiger partial charge in [0.05, 0.1) is 0 Å². The van der Waals surface area contributed by atoms with Gasteiger partial charge in [0, 0.05) is 19.3 Å². The molecular weight excluding hydrogens is 154 g/mol. The normalized spacial score (nSPS) is 16.4. The van der Waals surface area contributed by atoms with Crippen molar-refractivity contribution in [1.82, 2.24) is 10.2 Å². The van der Waals surface area contributed by atoms with Crippen LogP contribution in [-0.4, -0.2) is 30.6 Å². The highest BCUT2D eigenvalue weighted by atomic mass is 16.2. The van der Waals surface area contributed by atoms with Crippen molar-refractivity contribution in [1.29, 1.82) is 0 Å². The van der Waals surface area contributed by atoms with Crippen molar-refractivity contribution in [3.8, 4) is 0 Å². The second kappa shape index (κ2) is 4.77. The minimum Gasteiger partial charge on any atom is -0.334 e. The highest BCUT2D eigenvalue weighted by molar-refractivity contribution is 5.76. The summed E-state index contributed by atoms with van der Waals surface area (Å²) in [6.45, 7) is 2.10. The molecule has 4 nitrogen and oxygen atoms in total. The van der Waals surface area contributed by atoms with Crippen molar-refractivity contribution < 1.29 is 4.79 Å². The molecule has 1 heterocycles. The van der Waals surface area contributed by atoms with E-state index >= 15 is 0 Å².